The third kappa shape index (κ3) is 4.21. The van der Waals surface area contributed by atoms with Crippen molar-refractivity contribution in [2.75, 3.05) is 13.6 Å². The quantitative estimate of drug-likeness (QED) is 0.882. The fourth-order valence-electron chi connectivity index (χ4n) is 2.59. The van der Waals surface area contributed by atoms with Gasteiger partial charge in [-0.3, -0.25) is 4.90 Å². The Labute approximate surface area is 136 Å². The van der Waals surface area contributed by atoms with Gasteiger partial charge in [-0.05, 0) is 54.9 Å². The monoisotopic (exact) mass is 322 g/mol. The lowest BCUT2D eigenvalue weighted by Crippen LogP contribution is -2.30. The van der Waals surface area contributed by atoms with Crippen LogP contribution in [0.5, 0.6) is 0 Å². The van der Waals surface area contributed by atoms with Gasteiger partial charge in [-0.15, -0.1) is 0 Å². The molecule has 0 bridgehead atoms. The van der Waals surface area contributed by atoms with E-state index in [1.54, 1.807) is 0 Å². The zero-order chi connectivity index (χ0) is 15.4. The van der Waals surface area contributed by atoms with E-state index in [9.17, 15) is 0 Å². The summed E-state index contributed by atoms with van der Waals surface area (Å²) in [7, 11) is 2.08. The summed E-state index contributed by atoms with van der Waals surface area (Å²) in [5, 5.41) is 1.51. The van der Waals surface area contributed by atoms with Crippen molar-refractivity contribution in [3.05, 3.63) is 69.2 Å². The fourth-order valence-corrected chi connectivity index (χ4v) is 3.03. The van der Waals surface area contributed by atoms with E-state index < -0.39 is 0 Å². The lowest BCUT2D eigenvalue weighted by atomic mass is 10.00. The Hall–Kier alpha value is -1.06. The minimum Gasteiger partial charge on any atom is -0.329 e. The molecule has 2 aromatic rings. The van der Waals surface area contributed by atoms with Crippen molar-refractivity contribution in [2.45, 2.75) is 19.5 Å². The van der Waals surface area contributed by atoms with Gasteiger partial charge in [0, 0.05) is 29.2 Å². The van der Waals surface area contributed by atoms with Crippen LogP contribution in [-0.4, -0.2) is 18.5 Å². The zero-order valence-corrected chi connectivity index (χ0v) is 13.8. The van der Waals surface area contributed by atoms with E-state index in [1.165, 1.54) is 11.1 Å². The second-order valence-corrected chi connectivity index (χ2v) is 6.17. The third-order valence-electron chi connectivity index (χ3n) is 3.67. The summed E-state index contributed by atoms with van der Waals surface area (Å²) < 4.78 is 0. The van der Waals surface area contributed by atoms with Crippen LogP contribution in [0.1, 0.15) is 22.7 Å². The third-order valence-corrected chi connectivity index (χ3v) is 4.14. The Morgan fingerprint density at radius 3 is 2.43 bits per heavy atom. The SMILES string of the molecule is Cc1cc(Cl)ccc1C(CN)N(C)Cc1cccc(Cl)c1. The van der Waals surface area contributed by atoms with E-state index >= 15 is 0 Å². The smallest absolute Gasteiger partial charge is 0.0473 e. The molecule has 0 heterocycles. The Kier molecular flexibility index (Phi) is 5.65. The van der Waals surface area contributed by atoms with Crippen molar-refractivity contribution in [3.8, 4) is 0 Å². The second kappa shape index (κ2) is 7.28. The van der Waals surface area contributed by atoms with Crippen LogP contribution in [0.25, 0.3) is 0 Å². The number of nitrogens with zero attached hydrogens (tertiary/aromatic N) is 1. The number of nitrogens with two attached hydrogens (primary N) is 1. The summed E-state index contributed by atoms with van der Waals surface area (Å²) in [5.74, 6) is 0. The van der Waals surface area contributed by atoms with E-state index in [-0.39, 0.29) is 6.04 Å². The van der Waals surface area contributed by atoms with Crippen LogP contribution in [0.3, 0.4) is 0 Å². The summed E-state index contributed by atoms with van der Waals surface area (Å²) in [6.45, 7) is 3.42. The molecule has 2 aromatic carbocycles. The van der Waals surface area contributed by atoms with Crippen molar-refractivity contribution in [2.24, 2.45) is 5.73 Å². The standard InChI is InChI=1S/C17H20Cl2N2/c1-12-8-15(19)6-7-16(12)17(10-20)21(2)11-13-4-3-5-14(18)9-13/h3-9,17H,10-11,20H2,1-2H3. The molecule has 1 atom stereocenters. The van der Waals surface area contributed by atoms with E-state index in [2.05, 4.69) is 31.0 Å². The topological polar surface area (TPSA) is 29.3 Å². The van der Waals surface area contributed by atoms with Gasteiger partial charge in [-0.25, -0.2) is 0 Å². The van der Waals surface area contributed by atoms with E-state index in [4.69, 9.17) is 28.9 Å². The molecule has 4 heteroatoms. The number of rotatable bonds is 5. The van der Waals surface area contributed by atoms with Crippen LogP contribution >= 0.6 is 23.2 Å². The van der Waals surface area contributed by atoms with Gasteiger partial charge < -0.3 is 5.73 Å². The van der Waals surface area contributed by atoms with Crippen molar-refractivity contribution < 1.29 is 0 Å². The van der Waals surface area contributed by atoms with Crippen LogP contribution in [-0.2, 0) is 6.54 Å². The molecule has 0 radical (unpaired) electrons. The fraction of sp³-hybridized carbons (Fsp3) is 0.294. The largest absolute Gasteiger partial charge is 0.329 e. The first-order chi connectivity index (χ1) is 10.0. The molecule has 0 amide bonds. The van der Waals surface area contributed by atoms with Crippen LogP contribution in [0.15, 0.2) is 42.5 Å². The first-order valence-corrected chi connectivity index (χ1v) is 7.67. The molecule has 2 rings (SSSR count). The first-order valence-electron chi connectivity index (χ1n) is 6.92. The lowest BCUT2D eigenvalue weighted by Gasteiger charge is -2.28. The molecule has 1 unspecified atom stereocenters. The molecule has 0 saturated heterocycles. The Balaban J connectivity index is 2.20. The molecular formula is C17H20Cl2N2. The molecule has 2 N–H and O–H groups in total. The number of halogens is 2. The maximum atomic E-state index is 6.04. The zero-order valence-electron chi connectivity index (χ0n) is 12.3. The van der Waals surface area contributed by atoms with Gasteiger partial charge in [-0.1, -0.05) is 41.4 Å². The predicted molar refractivity (Wildman–Crippen MR) is 90.9 cm³/mol. The van der Waals surface area contributed by atoms with Gasteiger partial charge >= 0.3 is 0 Å². The van der Waals surface area contributed by atoms with Gasteiger partial charge in [0.05, 0.1) is 0 Å². The molecule has 0 spiro atoms. The molecule has 0 aliphatic carbocycles. The van der Waals surface area contributed by atoms with E-state index in [0.29, 0.717) is 6.54 Å². The predicted octanol–water partition coefficient (Wildman–Crippen LogP) is 4.43. The molecule has 112 valence electrons. The molecule has 2 nitrogen and oxygen atoms in total. The molecule has 0 fully saturated rings. The van der Waals surface area contributed by atoms with Gasteiger partial charge in [0.1, 0.15) is 0 Å². The normalized spacial score (nSPS) is 12.7. The number of likely N-dealkylation sites (N-methyl/N-ethyl adjacent to an activating group) is 1. The summed E-state index contributed by atoms with van der Waals surface area (Å²) in [6, 6.07) is 14.0. The summed E-state index contributed by atoms with van der Waals surface area (Å²) in [4.78, 5) is 2.24. The van der Waals surface area contributed by atoms with Crippen LogP contribution in [0.2, 0.25) is 10.0 Å². The highest BCUT2D eigenvalue weighted by molar-refractivity contribution is 6.30. The van der Waals surface area contributed by atoms with Crippen molar-refractivity contribution in [1.82, 2.24) is 4.90 Å². The maximum Gasteiger partial charge on any atom is 0.0473 e. The van der Waals surface area contributed by atoms with Crippen LogP contribution in [0, 0.1) is 6.92 Å². The summed E-state index contributed by atoms with van der Waals surface area (Å²) >= 11 is 12.1. The molecule has 0 saturated carbocycles. The molecular weight excluding hydrogens is 303 g/mol. The molecule has 0 aliphatic heterocycles. The van der Waals surface area contributed by atoms with Crippen molar-refractivity contribution >= 4 is 23.2 Å². The van der Waals surface area contributed by atoms with Crippen molar-refractivity contribution in [1.29, 1.82) is 0 Å². The van der Waals surface area contributed by atoms with Gasteiger partial charge in [0.25, 0.3) is 0 Å². The van der Waals surface area contributed by atoms with Crippen molar-refractivity contribution in [3.63, 3.8) is 0 Å². The Bertz CT molecular complexity index is 613. The van der Waals surface area contributed by atoms with Gasteiger partial charge in [0.2, 0.25) is 0 Å². The molecule has 0 aromatic heterocycles. The van der Waals surface area contributed by atoms with Gasteiger partial charge in [-0.2, -0.15) is 0 Å². The molecule has 21 heavy (non-hydrogen) atoms. The van der Waals surface area contributed by atoms with E-state index in [1.807, 2.05) is 30.3 Å². The average Bonchev–Trinajstić information content (AvgIpc) is 2.42. The summed E-state index contributed by atoms with van der Waals surface area (Å²) in [5.41, 5.74) is 9.55. The number of hydrogen-bond donors (Lipinski definition) is 1. The number of hydrogen-bond acceptors (Lipinski definition) is 2. The summed E-state index contributed by atoms with van der Waals surface area (Å²) in [6.07, 6.45) is 0. The second-order valence-electron chi connectivity index (χ2n) is 5.30. The minimum absolute atomic E-state index is 0.154. The van der Waals surface area contributed by atoms with Crippen LogP contribution in [0.4, 0.5) is 0 Å². The highest BCUT2D eigenvalue weighted by Gasteiger charge is 2.17. The van der Waals surface area contributed by atoms with Gasteiger partial charge in [0.15, 0.2) is 0 Å². The number of benzene rings is 2. The maximum absolute atomic E-state index is 6.04. The lowest BCUT2D eigenvalue weighted by molar-refractivity contribution is 0.241. The number of aryl methyl sites for hydroxylation is 1. The minimum atomic E-state index is 0.154. The highest BCUT2D eigenvalue weighted by atomic mass is 35.5. The Morgan fingerprint density at radius 2 is 1.81 bits per heavy atom. The van der Waals surface area contributed by atoms with Crippen LogP contribution < -0.4 is 5.73 Å². The highest BCUT2D eigenvalue weighted by Crippen LogP contribution is 2.26. The van der Waals surface area contributed by atoms with E-state index in [0.717, 1.165) is 22.2 Å². The average molecular weight is 323 g/mol. The Morgan fingerprint density at radius 1 is 1.10 bits per heavy atom. The first kappa shape index (κ1) is 16.3. The molecule has 0 aliphatic rings.